The minimum atomic E-state index is -0.590. The molecular weight excluding hydrogens is 308 g/mol. The zero-order valence-electron chi connectivity index (χ0n) is 9.05. The van der Waals surface area contributed by atoms with E-state index in [2.05, 4.69) is 21.2 Å². The molecule has 17 heavy (non-hydrogen) atoms. The van der Waals surface area contributed by atoms with Crippen LogP contribution in [0.3, 0.4) is 0 Å². The number of amides is 1. The lowest BCUT2D eigenvalue weighted by Crippen LogP contribution is -2.31. The summed E-state index contributed by atoms with van der Waals surface area (Å²) < 4.78 is 13.4. The van der Waals surface area contributed by atoms with Gasteiger partial charge < -0.3 is 5.32 Å². The zero-order chi connectivity index (χ0) is 12.4. The maximum Gasteiger partial charge on any atom is 0.255 e. The Hall–Kier alpha value is -0.610. The van der Waals surface area contributed by atoms with Gasteiger partial charge >= 0.3 is 0 Å². The van der Waals surface area contributed by atoms with Gasteiger partial charge in [0.15, 0.2) is 0 Å². The van der Waals surface area contributed by atoms with Gasteiger partial charge in [0.05, 0.1) is 10.6 Å². The quantitative estimate of drug-likeness (QED) is 0.847. The molecule has 5 heteroatoms. The van der Waals surface area contributed by atoms with Crippen molar-refractivity contribution < 1.29 is 9.18 Å². The summed E-state index contributed by atoms with van der Waals surface area (Å²) in [6.45, 7) is 0.494. The topological polar surface area (TPSA) is 29.1 Å². The zero-order valence-corrected chi connectivity index (χ0v) is 11.4. The van der Waals surface area contributed by atoms with E-state index in [0.717, 1.165) is 0 Å². The van der Waals surface area contributed by atoms with E-state index in [-0.39, 0.29) is 15.4 Å². The molecule has 1 aliphatic rings. The van der Waals surface area contributed by atoms with Gasteiger partial charge in [-0.1, -0.05) is 33.6 Å². The molecule has 0 radical (unpaired) electrons. The highest BCUT2D eigenvalue weighted by Gasteiger charge is 2.29. The number of halogens is 3. The molecule has 1 N–H and O–H groups in total. The summed E-state index contributed by atoms with van der Waals surface area (Å²) in [4.78, 5) is 12.0. The van der Waals surface area contributed by atoms with Crippen LogP contribution in [0.15, 0.2) is 18.2 Å². The Bertz CT molecular complexity index is 416. The molecule has 1 aromatic rings. The average molecular weight is 321 g/mol. The lowest BCUT2D eigenvalue weighted by atomic mass is 10.2. The van der Waals surface area contributed by atoms with Gasteiger partial charge in [-0.3, -0.25) is 4.79 Å². The van der Waals surface area contributed by atoms with Crippen molar-refractivity contribution in [1.82, 2.24) is 5.32 Å². The summed E-state index contributed by atoms with van der Waals surface area (Å²) in [6.07, 6.45) is 2.37. The third-order valence-corrected chi connectivity index (χ3v) is 4.17. The predicted octanol–water partition coefficient (Wildman–Crippen LogP) is 3.38. The van der Waals surface area contributed by atoms with Crippen LogP contribution in [-0.4, -0.2) is 17.3 Å². The SMILES string of the molecule is O=C(NCC(Br)C1CC1)c1c(F)cccc1Cl. The molecule has 1 unspecified atom stereocenters. The molecule has 1 fully saturated rings. The predicted molar refractivity (Wildman–Crippen MR) is 69.2 cm³/mol. The van der Waals surface area contributed by atoms with Crippen LogP contribution in [0.4, 0.5) is 4.39 Å². The van der Waals surface area contributed by atoms with E-state index in [1.165, 1.54) is 31.0 Å². The highest BCUT2D eigenvalue weighted by atomic mass is 79.9. The minimum Gasteiger partial charge on any atom is -0.351 e. The lowest BCUT2D eigenvalue weighted by Gasteiger charge is -2.11. The van der Waals surface area contributed by atoms with E-state index >= 15 is 0 Å². The Balaban J connectivity index is 1.99. The third-order valence-electron chi connectivity index (χ3n) is 2.78. The van der Waals surface area contributed by atoms with Crippen LogP contribution in [0, 0.1) is 11.7 Å². The minimum absolute atomic E-state index is 0.0790. The van der Waals surface area contributed by atoms with Gasteiger partial charge in [0.2, 0.25) is 0 Å². The molecule has 0 aromatic heterocycles. The fourth-order valence-corrected chi connectivity index (χ4v) is 2.56. The number of carbonyl (C=O) groups is 1. The summed E-state index contributed by atoms with van der Waals surface area (Å²) in [5.74, 6) is -0.419. The summed E-state index contributed by atoms with van der Waals surface area (Å²) in [5, 5.41) is 2.83. The van der Waals surface area contributed by atoms with Crippen LogP contribution >= 0.6 is 27.5 Å². The second-order valence-corrected chi connectivity index (χ2v) is 5.74. The largest absolute Gasteiger partial charge is 0.351 e. The first-order chi connectivity index (χ1) is 8.09. The van der Waals surface area contributed by atoms with Crippen molar-refractivity contribution in [1.29, 1.82) is 0 Å². The molecule has 0 bridgehead atoms. The van der Waals surface area contributed by atoms with Gasteiger partial charge in [-0.05, 0) is 30.9 Å². The van der Waals surface area contributed by atoms with Crippen molar-refractivity contribution in [3.63, 3.8) is 0 Å². The van der Waals surface area contributed by atoms with Crippen molar-refractivity contribution in [3.05, 3.63) is 34.6 Å². The number of benzene rings is 1. The summed E-state index contributed by atoms with van der Waals surface area (Å²) in [5.41, 5.74) is -0.0790. The molecule has 1 aliphatic carbocycles. The fourth-order valence-electron chi connectivity index (χ4n) is 1.62. The van der Waals surface area contributed by atoms with Crippen LogP contribution in [0.1, 0.15) is 23.2 Å². The van der Waals surface area contributed by atoms with E-state index in [1.807, 2.05) is 0 Å². The first-order valence-corrected chi connectivity index (χ1v) is 6.75. The standard InChI is InChI=1S/C12H12BrClFNO/c13-8(7-4-5-7)6-16-12(17)11-9(14)2-1-3-10(11)15/h1-3,7-8H,4-6H2,(H,16,17). The molecule has 1 saturated carbocycles. The molecule has 0 spiro atoms. The maximum absolute atomic E-state index is 13.4. The summed E-state index contributed by atoms with van der Waals surface area (Å²) >= 11 is 9.30. The Morgan fingerprint density at radius 2 is 2.29 bits per heavy atom. The van der Waals surface area contributed by atoms with Crippen LogP contribution < -0.4 is 5.32 Å². The van der Waals surface area contributed by atoms with Crippen molar-refractivity contribution in [2.45, 2.75) is 17.7 Å². The molecule has 1 atom stereocenters. The second-order valence-electron chi connectivity index (χ2n) is 4.16. The monoisotopic (exact) mass is 319 g/mol. The van der Waals surface area contributed by atoms with E-state index in [1.54, 1.807) is 0 Å². The van der Waals surface area contributed by atoms with Gasteiger partial charge in [-0.15, -0.1) is 0 Å². The first kappa shape index (κ1) is 12.8. The fraction of sp³-hybridized carbons (Fsp3) is 0.417. The van der Waals surface area contributed by atoms with Crippen molar-refractivity contribution >= 4 is 33.4 Å². The summed E-state index contributed by atoms with van der Waals surface area (Å²) in [6, 6.07) is 4.21. The highest BCUT2D eigenvalue weighted by molar-refractivity contribution is 9.09. The maximum atomic E-state index is 13.4. The van der Waals surface area contributed by atoms with E-state index < -0.39 is 11.7 Å². The van der Waals surface area contributed by atoms with Crippen molar-refractivity contribution in [2.75, 3.05) is 6.54 Å². The van der Waals surface area contributed by atoms with Gasteiger partial charge in [0.25, 0.3) is 5.91 Å². The number of hydrogen-bond donors (Lipinski definition) is 1. The molecule has 1 aromatic carbocycles. The first-order valence-electron chi connectivity index (χ1n) is 5.46. The number of hydrogen-bond acceptors (Lipinski definition) is 1. The molecular formula is C12H12BrClFNO. The molecule has 0 aliphatic heterocycles. The Morgan fingerprint density at radius 1 is 1.59 bits per heavy atom. The van der Waals surface area contributed by atoms with Crippen LogP contribution in [0.25, 0.3) is 0 Å². The summed E-state index contributed by atoms with van der Waals surface area (Å²) in [7, 11) is 0. The smallest absolute Gasteiger partial charge is 0.255 e. The van der Waals surface area contributed by atoms with E-state index in [4.69, 9.17) is 11.6 Å². The van der Waals surface area contributed by atoms with E-state index in [9.17, 15) is 9.18 Å². The number of carbonyl (C=O) groups excluding carboxylic acids is 1. The normalized spacial score (nSPS) is 16.6. The van der Waals surface area contributed by atoms with Crippen LogP contribution in [0.2, 0.25) is 5.02 Å². The van der Waals surface area contributed by atoms with Crippen LogP contribution in [-0.2, 0) is 0 Å². The van der Waals surface area contributed by atoms with Crippen molar-refractivity contribution in [3.8, 4) is 0 Å². The van der Waals surface area contributed by atoms with Gasteiger partial charge in [-0.2, -0.15) is 0 Å². The molecule has 0 saturated heterocycles. The third kappa shape index (κ3) is 3.19. The van der Waals surface area contributed by atoms with Gasteiger partial charge in [-0.25, -0.2) is 4.39 Å². The Kier molecular flexibility index (Phi) is 4.05. The van der Waals surface area contributed by atoms with Crippen LogP contribution in [0.5, 0.6) is 0 Å². The number of alkyl halides is 1. The molecule has 0 heterocycles. The van der Waals surface area contributed by atoms with Gasteiger partial charge in [0, 0.05) is 11.4 Å². The lowest BCUT2D eigenvalue weighted by molar-refractivity contribution is 0.0949. The molecule has 2 rings (SSSR count). The van der Waals surface area contributed by atoms with Gasteiger partial charge in [0.1, 0.15) is 5.82 Å². The molecule has 92 valence electrons. The number of rotatable bonds is 4. The Labute approximate surface area is 113 Å². The van der Waals surface area contributed by atoms with E-state index in [0.29, 0.717) is 12.5 Å². The average Bonchev–Trinajstić information content (AvgIpc) is 3.09. The molecule has 1 amide bonds. The Morgan fingerprint density at radius 3 is 2.88 bits per heavy atom. The highest BCUT2D eigenvalue weighted by Crippen LogP contribution is 2.36. The second kappa shape index (κ2) is 5.36. The molecule has 2 nitrogen and oxygen atoms in total. The van der Waals surface area contributed by atoms with Crippen molar-refractivity contribution in [2.24, 2.45) is 5.92 Å². The number of nitrogens with one attached hydrogen (secondary N) is 1.